The van der Waals surface area contributed by atoms with Crippen LogP contribution in [-0.4, -0.2) is 4.98 Å². The molecule has 0 saturated carbocycles. The smallest absolute Gasteiger partial charge is 0.183 e. The van der Waals surface area contributed by atoms with Gasteiger partial charge in [0, 0.05) is 17.3 Å². The van der Waals surface area contributed by atoms with E-state index >= 15 is 0 Å². The second-order valence-corrected chi connectivity index (χ2v) is 6.09. The highest BCUT2D eigenvalue weighted by atomic mass is 79.9. The fourth-order valence-corrected chi connectivity index (χ4v) is 2.79. The monoisotopic (exact) mass is 394 g/mol. The molecule has 0 aliphatic rings. The normalized spacial score (nSPS) is 10.9. The molecule has 1 N–H and O–H groups in total. The third-order valence-corrected chi connectivity index (χ3v) is 4.83. The van der Waals surface area contributed by atoms with Gasteiger partial charge in [0.15, 0.2) is 4.67 Å². The molecule has 0 saturated heterocycles. The SMILES string of the molecule is Cc1ccc(NCc2cc(Br)c(Br)o2)c2cccnc12. The Morgan fingerprint density at radius 1 is 1.25 bits per heavy atom. The summed E-state index contributed by atoms with van der Waals surface area (Å²) in [6, 6.07) is 10.1. The van der Waals surface area contributed by atoms with E-state index in [1.165, 1.54) is 5.56 Å². The number of anilines is 1. The minimum Gasteiger partial charge on any atom is -0.451 e. The van der Waals surface area contributed by atoms with E-state index in [1.54, 1.807) is 0 Å². The average Bonchev–Trinajstić information content (AvgIpc) is 2.77. The minimum atomic E-state index is 0.622. The molecule has 2 heterocycles. The Morgan fingerprint density at radius 2 is 2.10 bits per heavy atom. The van der Waals surface area contributed by atoms with Gasteiger partial charge in [-0.15, -0.1) is 0 Å². The second-order valence-electron chi connectivity index (χ2n) is 4.52. The van der Waals surface area contributed by atoms with Crippen molar-refractivity contribution in [3.05, 3.63) is 57.0 Å². The highest BCUT2D eigenvalue weighted by molar-refractivity contribution is 9.13. The Hall–Kier alpha value is -1.33. The number of furan rings is 1. The van der Waals surface area contributed by atoms with E-state index in [4.69, 9.17) is 4.42 Å². The highest BCUT2D eigenvalue weighted by Gasteiger charge is 2.08. The number of nitrogens with zero attached hydrogens (tertiary/aromatic N) is 1. The Labute approximate surface area is 133 Å². The summed E-state index contributed by atoms with van der Waals surface area (Å²) in [5.41, 5.74) is 3.26. The summed E-state index contributed by atoms with van der Waals surface area (Å²) in [5.74, 6) is 0.862. The number of nitrogens with one attached hydrogen (secondary N) is 1. The van der Waals surface area contributed by atoms with Crippen LogP contribution < -0.4 is 5.32 Å². The number of halogens is 2. The van der Waals surface area contributed by atoms with Crippen LogP contribution in [0.5, 0.6) is 0 Å². The van der Waals surface area contributed by atoms with E-state index in [2.05, 4.69) is 67.3 Å². The van der Waals surface area contributed by atoms with E-state index in [0.29, 0.717) is 11.2 Å². The Bertz CT molecular complexity index is 748. The van der Waals surface area contributed by atoms with Crippen molar-refractivity contribution in [1.82, 2.24) is 4.98 Å². The predicted molar refractivity (Wildman–Crippen MR) is 87.9 cm³/mol. The summed E-state index contributed by atoms with van der Waals surface area (Å²) in [6.45, 7) is 2.69. The number of hydrogen-bond acceptors (Lipinski definition) is 3. The fourth-order valence-electron chi connectivity index (χ4n) is 2.13. The van der Waals surface area contributed by atoms with Crippen LogP contribution in [0.1, 0.15) is 11.3 Å². The molecule has 0 radical (unpaired) electrons. The van der Waals surface area contributed by atoms with Crippen molar-refractivity contribution in [1.29, 1.82) is 0 Å². The molecule has 0 aliphatic carbocycles. The van der Waals surface area contributed by atoms with Crippen LogP contribution >= 0.6 is 31.9 Å². The molecule has 2 aromatic heterocycles. The van der Waals surface area contributed by atoms with Gasteiger partial charge in [-0.2, -0.15) is 0 Å². The van der Waals surface area contributed by atoms with Gasteiger partial charge < -0.3 is 9.73 Å². The van der Waals surface area contributed by atoms with E-state index in [0.717, 1.165) is 26.8 Å². The molecule has 3 nitrogen and oxygen atoms in total. The molecule has 0 unspecified atom stereocenters. The minimum absolute atomic E-state index is 0.622. The molecule has 5 heteroatoms. The number of fused-ring (bicyclic) bond motifs is 1. The van der Waals surface area contributed by atoms with Crippen molar-refractivity contribution < 1.29 is 4.42 Å². The molecule has 102 valence electrons. The number of aromatic nitrogens is 1. The van der Waals surface area contributed by atoms with Gasteiger partial charge in [-0.1, -0.05) is 6.07 Å². The molecule has 0 atom stereocenters. The summed E-state index contributed by atoms with van der Waals surface area (Å²) in [5, 5.41) is 4.52. The summed E-state index contributed by atoms with van der Waals surface area (Å²) in [7, 11) is 0. The molecule has 0 amide bonds. The first-order chi connectivity index (χ1) is 9.65. The Balaban J connectivity index is 1.89. The van der Waals surface area contributed by atoms with Crippen molar-refractivity contribution in [2.75, 3.05) is 5.32 Å². The van der Waals surface area contributed by atoms with Gasteiger partial charge in [0.2, 0.25) is 0 Å². The first-order valence-electron chi connectivity index (χ1n) is 6.17. The quantitative estimate of drug-likeness (QED) is 0.656. The number of aryl methyl sites for hydroxylation is 1. The molecule has 20 heavy (non-hydrogen) atoms. The Morgan fingerprint density at radius 3 is 2.85 bits per heavy atom. The molecule has 0 aliphatic heterocycles. The van der Waals surface area contributed by atoms with Crippen LogP contribution in [0.25, 0.3) is 10.9 Å². The van der Waals surface area contributed by atoms with Crippen LogP contribution in [0.4, 0.5) is 5.69 Å². The lowest BCUT2D eigenvalue weighted by Crippen LogP contribution is -1.99. The zero-order valence-corrected chi connectivity index (χ0v) is 14.0. The van der Waals surface area contributed by atoms with Crippen LogP contribution in [0.3, 0.4) is 0 Å². The lowest BCUT2D eigenvalue weighted by molar-refractivity contribution is 0.494. The third kappa shape index (κ3) is 2.60. The van der Waals surface area contributed by atoms with Gasteiger partial charge in [0.25, 0.3) is 0 Å². The van der Waals surface area contributed by atoms with Crippen LogP contribution in [-0.2, 0) is 6.54 Å². The zero-order valence-electron chi connectivity index (χ0n) is 10.8. The number of hydrogen-bond donors (Lipinski definition) is 1. The molecule has 3 rings (SSSR count). The van der Waals surface area contributed by atoms with Crippen LogP contribution in [0, 0.1) is 6.92 Å². The lowest BCUT2D eigenvalue weighted by Gasteiger charge is -2.09. The molecular formula is C15H12Br2N2O. The molecule has 1 aromatic carbocycles. The maximum atomic E-state index is 5.56. The largest absolute Gasteiger partial charge is 0.451 e. The number of benzene rings is 1. The Kier molecular flexibility index (Phi) is 3.81. The third-order valence-electron chi connectivity index (χ3n) is 3.12. The molecule has 0 spiro atoms. The van der Waals surface area contributed by atoms with Gasteiger partial charge >= 0.3 is 0 Å². The van der Waals surface area contributed by atoms with Crippen molar-refractivity contribution in [3.8, 4) is 0 Å². The van der Waals surface area contributed by atoms with Crippen molar-refractivity contribution in [2.24, 2.45) is 0 Å². The summed E-state index contributed by atoms with van der Waals surface area (Å²) in [4.78, 5) is 4.44. The van der Waals surface area contributed by atoms with Crippen LogP contribution in [0.2, 0.25) is 0 Å². The molecular weight excluding hydrogens is 384 g/mol. The van der Waals surface area contributed by atoms with Crippen LogP contribution in [0.15, 0.2) is 50.1 Å². The highest BCUT2D eigenvalue weighted by Crippen LogP contribution is 2.28. The average molecular weight is 396 g/mol. The van der Waals surface area contributed by atoms with E-state index in [-0.39, 0.29) is 0 Å². The van der Waals surface area contributed by atoms with Gasteiger partial charge in [0.1, 0.15) is 5.76 Å². The first-order valence-corrected chi connectivity index (χ1v) is 7.75. The summed E-state index contributed by atoms with van der Waals surface area (Å²) < 4.78 is 7.20. The fraction of sp³-hybridized carbons (Fsp3) is 0.133. The van der Waals surface area contributed by atoms with E-state index in [9.17, 15) is 0 Å². The zero-order chi connectivity index (χ0) is 14.1. The predicted octanol–water partition coefficient (Wildman–Crippen LogP) is 5.27. The molecule has 3 aromatic rings. The van der Waals surface area contributed by atoms with Gasteiger partial charge in [-0.25, -0.2) is 0 Å². The van der Waals surface area contributed by atoms with Crippen molar-refractivity contribution in [3.63, 3.8) is 0 Å². The molecule has 0 bridgehead atoms. The summed E-state index contributed by atoms with van der Waals surface area (Å²) in [6.07, 6.45) is 1.82. The standard InChI is InChI=1S/C15H12Br2N2O/c1-9-4-5-13(11-3-2-6-18-14(9)11)19-8-10-7-12(16)15(17)20-10/h2-7,19H,8H2,1H3. The number of rotatable bonds is 3. The van der Waals surface area contributed by atoms with Crippen molar-refractivity contribution >= 4 is 48.5 Å². The lowest BCUT2D eigenvalue weighted by atomic mass is 10.1. The van der Waals surface area contributed by atoms with E-state index < -0.39 is 0 Å². The van der Waals surface area contributed by atoms with E-state index in [1.807, 2.05) is 18.3 Å². The topological polar surface area (TPSA) is 38.1 Å². The summed E-state index contributed by atoms with van der Waals surface area (Å²) >= 11 is 6.75. The van der Waals surface area contributed by atoms with Crippen molar-refractivity contribution in [2.45, 2.75) is 13.5 Å². The number of pyridine rings is 1. The first kappa shape index (κ1) is 13.6. The maximum absolute atomic E-state index is 5.56. The van der Waals surface area contributed by atoms with Gasteiger partial charge in [-0.05, 0) is 68.6 Å². The van der Waals surface area contributed by atoms with Gasteiger partial charge in [0.05, 0.1) is 16.5 Å². The maximum Gasteiger partial charge on any atom is 0.183 e. The van der Waals surface area contributed by atoms with Gasteiger partial charge in [-0.3, -0.25) is 4.98 Å². The molecule has 0 fully saturated rings. The second kappa shape index (κ2) is 5.58.